The first-order chi connectivity index (χ1) is 9.15. The molecule has 2 aromatic rings. The average Bonchev–Trinajstić information content (AvgIpc) is 2.98. The van der Waals surface area contributed by atoms with Crippen LogP contribution in [0.3, 0.4) is 0 Å². The summed E-state index contributed by atoms with van der Waals surface area (Å²) in [7, 11) is 1.69. The zero-order valence-electron chi connectivity index (χ0n) is 10.7. The van der Waals surface area contributed by atoms with Crippen LogP contribution >= 0.6 is 50.2 Å². The fraction of sp³-hybridized carbons (Fsp3) is 0.385. The molecule has 0 aliphatic heterocycles. The van der Waals surface area contributed by atoms with E-state index >= 15 is 0 Å². The topological polar surface area (TPSA) is 21.3 Å². The van der Waals surface area contributed by atoms with Gasteiger partial charge in [-0.15, -0.1) is 22.7 Å². The normalized spacial score (nSPS) is 12.6. The summed E-state index contributed by atoms with van der Waals surface area (Å²) in [5, 5.41) is 5.59. The van der Waals surface area contributed by atoms with Crippen molar-refractivity contribution >= 4 is 50.2 Å². The number of methoxy groups -OCH3 is 1. The average molecular weight is 381 g/mol. The van der Waals surface area contributed by atoms with Crippen LogP contribution in [0.1, 0.15) is 29.1 Å². The quantitative estimate of drug-likeness (QED) is 0.732. The summed E-state index contributed by atoms with van der Waals surface area (Å²) in [4.78, 5) is 2.46. The first kappa shape index (κ1) is 15.3. The van der Waals surface area contributed by atoms with Crippen molar-refractivity contribution in [2.24, 2.45) is 0 Å². The molecule has 0 radical (unpaired) electrons. The Hall–Kier alpha value is -0.0700. The second kappa shape index (κ2) is 7.09. The van der Waals surface area contributed by atoms with Gasteiger partial charge in [-0.1, -0.05) is 18.5 Å². The molecule has 0 aliphatic carbocycles. The molecule has 0 aliphatic rings. The fourth-order valence-corrected chi connectivity index (χ4v) is 4.58. The SMILES string of the molecule is CCCNC(c1cc(OC)cs1)c1cc(Br)c(Cl)s1. The number of nitrogens with one attached hydrogen (secondary N) is 1. The number of hydrogen-bond donors (Lipinski definition) is 1. The largest absolute Gasteiger partial charge is 0.496 e. The number of rotatable bonds is 6. The molecule has 2 heterocycles. The second-order valence-corrected chi connectivity index (χ2v) is 7.53. The molecular formula is C13H15BrClNOS2. The molecule has 1 unspecified atom stereocenters. The molecule has 0 saturated carbocycles. The van der Waals surface area contributed by atoms with Gasteiger partial charge in [-0.05, 0) is 41.0 Å². The predicted molar refractivity (Wildman–Crippen MR) is 88.0 cm³/mol. The highest BCUT2D eigenvalue weighted by Gasteiger charge is 2.19. The monoisotopic (exact) mass is 379 g/mol. The Bertz CT molecular complexity index is 521. The summed E-state index contributed by atoms with van der Waals surface area (Å²) in [6.07, 6.45) is 1.10. The zero-order valence-corrected chi connectivity index (χ0v) is 14.7. The molecule has 0 saturated heterocycles. The molecule has 0 bridgehead atoms. The Balaban J connectivity index is 2.29. The van der Waals surface area contributed by atoms with Crippen molar-refractivity contribution < 1.29 is 4.74 Å². The van der Waals surface area contributed by atoms with Crippen LogP contribution in [-0.2, 0) is 0 Å². The lowest BCUT2D eigenvalue weighted by molar-refractivity contribution is 0.416. The maximum absolute atomic E-state index is 6.15. The van der Waals surface area contributed by atoms with E-state index in [1.165, 1.54) is 9.75 Å². The van der Waals surface area contributed by atoms with Gasteiger partial charge in [0.15, 0.2) is 0 Å². The Morgan fingerprint density at radius 2 is 2.21 bits per heavy atom. The summed E-state index contributed by atoms with van der Waals surface area (Å²) in [5.74, 6) is 0.907. The molecule has 1 atom stereocenters. The third-order valence-corrected chi connectivity index (χ3v) is 6.18. The summed E-state index contributed by atoms with van der Waals surface area (Å²) in [6.45, 7) is 3.13. The van der Waals surface area contributed by atoms with Gasteiger partial charge in [-0.3, -0.25) is 0 Å². The van der Waals surface area contributed by atoms with Crippen LogP contribution in [0.5, 0.6) is 5.75 Å². The highest BCUT2D eigenvalue weighted by molar-refractivity contribution is 9.10. The lowest BCUT2D eigenvalue weighted by Gasteiger charge is -2.15. The van der Waals surface area contributed by atoms with Crippen LogP contribution in [0.2, 0.25) is 4.34 Å². The molecular weight excluding hydrogens is 366 g/mol. The molecule has 0 fully saturated rings. The van der Waals surface area contributed by atoms with E-state index in [1.54, 1.807) is 29.8 Å². The summed E-state index contributed by atoms with van der Waals surface area (Å²) < 4.78 is 7.02. The van der Waals surface area contributed by atoms with Gasteiger partial charge in [-0.25, -0.2) is 0 Å². The maximum atomic E-state index is 6.15. The van der Waals surface area contributed by atoms with E-state index in [9.17, 15) is 0 Å². The van der Waals surface area contributed by atoms with Gasteiger partial charge in [0.2, 0.25) is 0 Å². The third kappa shape index (κ3) is 3.73. The standard InChI is InChI=1S/C13H15BrClNOS2/c1-3-4-16-12(10-5-8(17-2)7-18-10)11-6-9(14)13(15)19-11/h5-7,12,16H,3-4H2,1-2H3. The Morgan fingerprint density at radius 3 is 2.74 bits per heavy atom. The van der Waals surface area contributed by atoms with E-state index in [0.29, 0.717) is 0 Å². The molecule has 0 amide bonds. The molecule has 19 heavy (non-hydrogen) atoms. The molecule has 2 nitrogen and oxygen atoms in total. The fourth-order valence-electron chi connectivity index (χ4n) is 1.73. The van der Waals surface area contributed by atoms with Gasteiger partial charge in [-0.2, -0.15) is 0 Å². The van der Waals surface area contributed by atoms with Crippen molar-refractivity contribution in [1.82, 2.24) is 5.32 Å². The number of ether oxygens (including phenoxy) is 1. The van der Waals surface area contributed by atoms with E-state index in [4.69, 9.17) is 16.3 Å². The number of thiophene rings is 2. The van der Waals surface area contributed by atoms with Gasteiger partial charge in [0, 0.05) is 19.6 Å². The van der Waals surface area contributed by atoms with Gasteiger partial charge < -0.3 is 10.1 Å². The third-order valence-electron chi connectivity index (χ3n) is 2.66. The molecule has 0 spiro atoms. The predicted octanol–water partition coefficient (Wildman–Crippen LogP) is 5.32. The van der Waals surface area contributed by atoms with E-state index in [-0.39, 0.29) is 6.04 Å². The van der Waals surface area contributed by atoms with E-state index in [2.05, 4.69) is 40.3 Å². The van der Waals surface area contributed by atoms with Crippen molar-refractivity contribution in [1.29, 1.82) is 0 Å². The zero-order chi connectivity index (χ0) is 13.8. The highest BCUT2D eigenvalue weighted by Crippen LogP contribution is 2.39. The van der Waals surface area contributed by atoms with Crippen molar-refractivity contribution in [3.8, 4) is 5.75 Å². The van der Waals surface area contributed by atoms with Crippen molar-refractivity contribution in [3.05, 3.63) is 36.1 Å². The van der Waals surface area contributed by atoms with E-state index < -0.39 is 0 Å². The lowest BCUT2D eigenvalue weighted by atomic mass is 10.2. The number of hydrogen-bond acceptors (Lipinski definition) is 4. The van der Waals surface area contributed by atoms with Crippen LogP contribution in [-0.4, -0.2) is 13.7 Å². The molecule has 6 heteroatoms. The molecule has 2 aromatic heterocycles. The minimum absolute atomic E-state index is 0.183. The Morgan fingerprint density at radius 1 is 1.42 bits per heavy atom. The first-order valence-corrected chi connectivity index (χ1v) is 8.83. The van der Waals surface area contributed by atoms with Crippen LogP contribution in [0.4, 0.5) is 0 Å². The van der Waals surface area contributed by atoms with Gasteiger partial charge >= 0.3 is 0 Å². The maximum Gasteiger partial charge on any atom is 0.129 e. The number of halogens is 2. The van der Waals surface area contributed by atoms with E-state index in [1.807, 2.05) is 5.38 Å². The van der Waals surface area contributed by atoms with Crippen LogP contribution in [0.15, 0.2) is 22.0 Å². The van der Waals surface area contributed by atoms with E-state index in [0.717, 1.165) is 27.5 Å². The van der Waals surface area contributed by atoms with Crippen LogP contribution in [0, 0.1) is 0 Å². The summed E-state index contributed by atoms with van der Waals surface area (Å²) in [6, 6.07) is 4.36. The first-order valence-electron chi connectivity index (χ1n) is 5.96. The summed E-state index contributed by atoms with van der Waals surface area (Å²) in [5.41, 5.74) is 0. The van der Waals surface area contributed by atoms with Crippen molar-refractivity contribution in [2.75, 3.05) is 13.7 Å². The molecule has 104 valence electrons. The smallest absolute Gasteiger partial charge is 0.129 e. The minimum atomic E-state index is 0.183. The lowest BCUT2D eigenvalue weighted by Crippen LogP contribution is -2.21. The highest BCUT2D eigenvalue weighted by atomic mass is 79.9. The van der Waals surface area contributed by atoms with Crippen LogP contribution < -0.4 is 10.1 Å². The summed E-state index contributed by atoms with van der Waals surface area (Å²) >= 11 is 12.9. The molecule has 1 N–H and O–H groups in total. The van der Waals surface area contributed by atoms with Crippen LogP contribution in [0.25, 0.3) is 0 Å². The van der Waals surface area contributed by atoms with Crippen molar-refractivity contribution in [3.63, 3.8) is 0 Å². The second-order valence-electron chi connectivity index (χ2n) is 4.05. The minimum Gasteiger partial charge on any atom is -0.496 e. The van der Waals surface area contributed by atoms with Gasteiger partial charge in [0.05, 0.1) is 13.2 Å². The van der Waals surface area contributed by atoms with Gasteiger partial charge in [0.25, 0.3) is 0 Å². The molecule has 2 rings (SSSR count). The Labute approximate surface area is 134 Å². The Kier molecular flexibility index (Phi) is 5.71. The van der Waals surface area contributed by atoms with Crippen molar-refractivity contribution in [2.45, 2.75) is 19.4 Å². The molecule has 0 aromatic carbocycles. The van der Waals surface area contributed by atoms with Gasteiger partial charge in [0.1, 0.15) is 10.1 Å².